The van der Waals surface area contributed by atoms with Gasteiger partial charge in [0.1, 0.15) is 33.5 Å². The second-order valence-corrected chi connectivity index (χ2v) is 14.6. The number of benzene rings is 8. The summed E-state index contributed by atoms with van der Waals surface area (Å²) >= 11 is 0. The lowest BCUT2D eigenvalue weighted by Crippen LogP contribution is -2.51. The van der Waals surface area contributed by atoms with E-state index in [2.05, 4.69) is 127 Å². The van der Waals surface area contributed by atoms with Gasteiger partial charge in [0.15, 0.2) is 0 Å². The van der Waals surface area contributed by atoms with Crippen LogP contribution in [-0.4, -0.2) is 6.21 Å². The molecule has 6 heteroatoms. The zero-order valence-corrected chi connectivity index (χ0v) is 30.8. The molecular weight excluding hydrogens is 703 g/mol. The normalized spacial score (nSPS) is 12.7. The van der Waals surface area contributed by atoms with Crippen molar-refractivity contribution < 1.29 is 19.0 Å². The maximum Gasteiger partial charge on any atom is 0.143 e. The second kappa shape index (κ2) is 13.2. The van der Waals surface area contributed by atoms with Crippen molar-refractivity contribution in [2.24, 2.45) is 4.99 Å². The molecule has 11 rings (SSSR count). The fraction of sp³-hybridized carbons (Fsp3) is 0.0392. The van der Waals surface area contributed by atoms with E-state index in [1.54, 1.807) is 0 Å². The molecule has 0 aliphatic heterocycles. The Kier molecular flexibility index (Phi) is 7.67. The van der Waals surface area contributed by atoms with Crippen molar-refractivity contribution in [2.75, 3.05) is 0 Å². The van der Waals surface area contributed by atoms with Gasteiger partial charge in [0.2, 0.25) is 0 Å². The summed E-state index contributed by atoms with van der Waals surface area (Å²) in [5, 5.41) is 6.11. The quantitative estimate of drug-likeness (QED) is 0.165. The van der Waals surface area contributed by atoms with Gasteiger partial charge in [0, 0.05) is 61.4 Å². The molecule has 272 valence electrons. The third kappa shape index (κ3) is 5.53. The summed E-state index contributed by atoms with van der Waals surface area (Å²) < 4.78 is 19.8. The highest BCUT2D eigenvalue weighted by atomic mass is 16.3. The van der Waals surface area contributed by atoms with Crippen molar-refractivity contribution in [1.82, 2.24) is 0 Å². The van der Waals surface area contributed by atoms with E-state index in [-0.39, 0.29) is 0 Å². The molecule has 0 bridgehead atoms. The van der Waals surface area contributed by atoms with Crippen molar-refractivity contribution in [3.63, 3.8) is 0 Å². The van der Waals surface area contributed by atoms with Crippen LogP contribution >= 0.6 is 0 Å². The minimum Gasteiger partial charge on any atom is -0.621 e. The van der Waals surface area contributed by atoms with Crippen LogP contribution in [0.1, 0.15) is 22.9 Å². The largest absolute Gasteiger partial charge is 0.621 e. The Morgan fingerprint density at radius 1 is 0.491 bits per heavy atom. The molecule has 3 heterocycles. The molecule has 1 atom stereocenters. The highest BCUT2D eigenvalue weighted by Crippen LogP contribution is 2.44. The Bertz CT molecular complexity index is 3370. The number of furan rings is 3. The van der Waals surface area contributed by atoms with Gasteiger partial charge in [-0.25, -0.2) is 0 Å². The minimum absolute atomic E-state index is 0.609. The van der Waals surface area contributed by atoms with Gasteiger partial charge in [-0.15, -0.1) is 0 Å². The van der Waals surface area contributed by atoms with E-state index >= 15 is 0 Å². The van der Waals surface area contributed by atoms with Crippen molar-refractivity contribution in [3.05, 3.63) is 186 Å². The highest BCUT2D eigenvalue weighted by Gasteiger charge is 2.21. The van der Waals surface area contributed by atoms with Crippen LogP contribution in [0.3, 0.4) is 0 Å². The number of rotatable bonds is 7. The Hall–Kier alpha value is -7.25. The maximum absolute atomic E-state index is 8.38. The van der Waals surface area contributed by atoms with Crippen LogP contribution in [0.5, 0.6) is 0 Å². The van der Waals surface area contributed by atoms with Crippen molar-refractivity contribution in [2.45, 2.75) is 12.7 Å². The third-order valence-corrected chi connectivity index (χ3v) is 11.1. The van der Waals surface area contributed by atoms with E-state index in [1.165, 1.54) is 0 Å². The Morgan fingerprint density at radius 3 is 1.86 bits per heavy atom. The van der Waals surface area contributed by atoms with Gasteiger partial charge in [-0.05, 0) is 69.8 Å². The molecule has 0 spiro atoms. The summed E-state index contributed by atoms with van der Waals surface area (Å²) in [6.07, 6.45) is 1.31. The van der Waals surface area contributed by atoms with Crippen LogP contribution in [0.25, 0.3) is 105 Å². The lowest BCUT2D eigenvalue weighted by atomic mass is 9.97. The van der Waals surface area contributed by atoms with E-state index < -0.39 is 6.17 Å². The molecule has 0 radical (unpaired) electrons. The van der Waals surface area contributed by atoms with Crippen LogP contribution in [0.4, 0.5) is 0 Å². The Balaban J connectivity index is 0.996. The van der Waals surface area contributed by atoms with E-state index in [0.29, 0.717) is 6.54 Å². The van der Waals surface area contributed by atoms with E-state index in [1.807, 2.05) is 48.7 Å². The molecule has 57 heavy (non-hydrogen) atoms. The zero-order valence-electron chi connectivity index (χ0n) is 30.8. The fourth-order valence-corrected chi connectivity index (χ4v) is 8.41. The highest BCUT2D eigenvalue weighted by molar-refractivity contribution is 6.17. The molecule has 3 aromatic heterocycles. The van der Waals surface area contributed by atoms with Gasteiger partial charge in [-0.2, -0.15) is 0 Å². The van der Waals surface area contributed by atoms with Crippen molar-refractivity contribution >= 4 is 72.0 Å². The first-order chi connectivity index (χ1) is 28.1. The molecule has 6 nitrogen and oxygen atoms in total. The minimum atomic E-state index is -0.620. The molecule has 0 saturated carbocycles. The van der Waals surface area contributed by atoms with Gasteiger partial charge in [-0.1, -0.05) is 127 Å². The second-order valence-electron chi connectivity index (χ2n) is 14.6. The van der Waals surface area contributed by atoms with Gasteiger partial charge in [-0.3, -0.25) is 4.99 Å². The smallest absolute Gasteiger partial charge is 0.143 e. The Labute approximate surface area is 327 Å². The molecule has 1 unspecified atom stereocenters. The fourth-order valence-electron chi connectivity index (χ4n) is 8.41. The SMILES string of the molecule is [NH-]C([NH3+])c1cccc2oc3c(-c4cccc5c4oc4c(-c6ccc7oc8ccc(-c9cccc(CN=Cc%10ccccc%10)c9)cc8c7c6)cccc45)cccc3c12. The number of nitrogens with one attached hydrogen (secondary N) is 1. The van der Waals surface area contributed by atoms with Crippen LogP contribution in [0.2, 0.25) is 0 Å². The average Bonchev–Trinajstić information content (AvgIpc) is 3.95. The first-order valence-electron chi connectivity index (χ1n) is 19.1. The first-order valence-corrected chi connectivity index (χ1v) is 19.1. The number of quaternary nitrogens is 1. The lowest BCUT2D eigenvalue weighted by Gasteiger charge is -2.11. The van der Waals surface area contributed by atoms with Gasteiger partial charge >= 0.3 is 0 Å². The summed E-state index contributed by atoms with van der Waals surface area (Å²) in [7, 11) is 0. The van der Waals surface area contributed by atoms with Crippen LogP contribution < -0.4 is 5.73 Å². The topological polar surface area (TPSA) is 103 Å². The predicted molar refractivity (Wildman–Crippen MR) is 232 cm³/mol. The summed E-state index contributed by atoms with van der Waals surface area (Å²) in [4.78, 5) is 4.69. The predicted octanol–water partition coefficient (Wildman–Crippen LogP) is 13.3. The van der Waals surface area contributed by atoms with Crippen molar-refractivity contribution in [3.8, 4) is 33.4 Å². The zero-order chi connectivity index (χ0) is 38.0. The molecule has 0 amide bonds. The number of fused-ring (bicyclic) bond motifs is 9. The Morgan fingerprint density at radius 2 is 1.11 bits per heavy atom. The number of nitrogens with zero attached hydrogens (tertiary/aromatic N) is 1. The monoisotopic (exact) mass is 737 g/mol. The molecule has 8 aromatic carbocycles. The van der Waals surface area contributed by atoms with E-state index in [0.717, 1.165) is 116 Å². The molecular formula is C51H35N3O3. The number of para-hydroxylation sites is 3. The molecule has 11 aromatic rings. The van der Waals surface area contributed by atoms with E-state index in [4.69, 9.17) is 24.0 Å². The number of aliphatic imine (C=N–C) groups is 1. The molecule has 0 aliphatic carbocycles. The summed E-state index contributed by atoms with van der Waals surface area (Å²) in [6, 6.07) is 56.3. The number of hydrogen-bond donors (Lipinski definition) is 1. The molecule has 0 aliphatic rings. The summed E-state index contributed by atoms with van der Waals surface area (Å²) in [5.74, 6) is 0. The molecule has 4 N–H and O–H groups in total. The van der Waals surface area contributed by atoms with E-state index in [9.17, 15) is 0 Å². The lowest BCUT2D eigenvalue weighted by molar-refractivity contribution is -0.408. The first kappa shape index (κ1) is 33.1. The van der Waals surface area contributed by atoms with Crippen molar-refractivity contribution in [1.29, 1.82) is 0 Å². The summed E-state index contributed by atoms with van der Waals surface area (Å²) in [5.41, 5.74) is 26.5. The van der Waals surface area contributed by atoms with Crippen LogP contribution in [0.15, 0.2) is 182 Å². The summed E-state index contributed by atoms with van der Waals surface area (Å²) in [6.45, 7) is 0.609. The molecule has 0 saturated heterocycles. The maximum atomic E-state index is 8.38. The third-order valence-electron chi connectivity index (χ3n) is 11.1. The van der Waals surface area contributed by atoms with Gasteiger partial charge in [0.05, 0.1) is 6.54 Å². The van der Waals surface area contributed by atoms with Gasteiger partial charge in [0.25, 0.3) is 0 Å². The number of hydrogen-bond acceptors (Lipinski definition) is 4. The van der Waals surface area contributed by atoms with Crippen LogP contribution in [0, 0.1) is 0 Å². The van der Waals surface area contributed by atoms with Crippen LogP contribution in [-0.2, 0) is 6.54 Å². The van der Waals surface area contributed by atoms with Gasteiger partial charge < -0.3 is 24.7 Å². The standard InChI is InChI=1S/C51H34N3O3/c52-51(53)41-19-8-20-46-47(41)40-18-7-17-39(50(40)56-46)38-16-6-15-37-36-14-5-13-35(48(36)57-49(37)38)34-22-24-45-43(27-34)42-26-33(21-23-44(42)55-45)32-12-4-11-31(25-32)29-54-28-30-9-2-1-3-10-30/h1-28,51-52H,29,53H2/q-1/p+1. The molecule has 0 fully saturated rings. The average molecular weight is 738 g/mol.